The molecule has 2 fully saturated rings. The first-order chi connectivity index (χ1) is 18.2. The Bertz CT molecular complexity index is 1010. The molecule has 0 aromatic heterocycles. The molecule has 38 heavy (non-hydrogen) atoms. The number of nitrogens with zero attached hydrogens (tertiary/aromatic N) is 2. The first kappa shape index (κ1) is 28.5. The predicted molar refractivity (Wildman–Crippen MR) is 149 cm³/mol. The second kappa shape index (κ2) is 12.1. The van der Waals surface area contributed by atoms with Crippen molar-refractivity contribution in [3.05, 3.63) is 23.3 Å². The lowest BCUT2D eigenvalue weighted by molar-refractivity contribution is -0.121. The van der Waals surface area contributed by atoms with E-state index in [1.54, 1.807) is 13.2 Å². The zero-order chi connectivity index (χ0) is 27.4. The van der Waals surface area contributed by atoms with Gasteiger partial charge in [0.15, 0.2) is 11.5 Å². The number of aryl methyl sites for hydroxylation is 1. The van der Waals surface area contributed by atoms with E-state index >= 15 is 0 Å². The summed E-state index contributed by atoms with van der Waals surface area (Å²) in [7, 11) is 1.74. The van der Waals surface area contributed by atoms with Gasteiger partial charge in [-0.15, -0.1) is 0 Å². The highest BCUT2D eigenvalue weighted by atomic mass is 16.5. The van der Waals surface area contributed by atoms with Gasteiger partial charge >= 0.3 is 0 Å². The molecule has 212 valence electrons. The topological polar surface area (TPSA) is 135 Å². The molecule has 4 rings (SSSR count). The molecule has 3 aliphatic rings. The van der Waals surface area contributed by atoms with Gasteiger partial charge < -0.3 is 36.4 Å². The van der Waals surface area contributed by atoms with E-state index in [0.29, 0.717) is 24.8 Å². The van der Waals surface area contributed by atoms with E-state index in [4.69, 9.17) is 21.1 Å². The molecule has 1 aromatic rings. The van der Waals surface area contributed by atoms with E-state index in [2.05, 4.69) is 36.1 Å². The van der Waals surface area contributed by atoms with Crippen LogP contribution in [0.1, 0.15) is 76.8 Å². The van der Waals surface area contributed by atoms with Crippen molar-refractivity contribution in [3.8, 4) is 11.5 Å². The molecule has 5 atom stereocenters. The Balaban J connectivity index is 1.65. The molecule has 1 aliphatic carbocycles. The van der Waals surface area contributed by atoms with Gasteiger partial charge in [-0.3, -0.25) is 4.79 Å². The number of carbonyl (C=O) groups excluding carboxylic acids is 1. The number of aromatic hydroxyl groups is 1. The standard InChI is InChI=1S/C29H47N5O4/c1-5-20-10-11-22(35)27-25(20)29(3)14-15-34(17-19-7-8-19)18(2)6-9-21(26(37-4)28(29)38-27)16-32-24(36)13-12-23(30)33-31/h10-11,18-19,21,26,28,35H,5-9,12-17,31H2,1-4H3,(H2,30,33)(H,32,36)/t18?,21-,26?,28+,29?/m1/s1. The Morgan fingerprint density at radius 1 is 1.29 bits per heavy atom. The van der Waals surface area contributed by atoms with E-state index in [9.17, 15) is 9.90 Å². The van der Waals surface area contributed by atoms with Gasteiger partial charge in [0.25, 0.3) is 0 Å². The first-order valence-corrected chi connectivity index (χ1v) is 14.3. The van der Waals surface area contributed by atoms with Crippen molar-refractivity contribution < 1.29 is 19.4 Å². The molecule has 3 unspecified atom stereocenters. The highest BCUT2D eigenvalue weighted by Gasteiger charge is 2.53. The fourth-order valence-electron chi connectivity index (χ4n) is 6.47. The second-order valence-electron chi connectivity index (χ2n) is 11.8. The number of rotatable bonds is 9. The number of benzene rings is 1. The van der Waals surface area contributed by atoms with Crippen LogP contribution in [0.2, 0.25) is 0 Å². The van der Waals surface area contributed by atoms with Gasteiger partial charge in [-0.2, -0.15) is 5.10 Å². The minimum Gasteiger partial charge on any atom is -0.504 e. The SMILES string of the molecule is CCc1ccc(O)c2c1C1(C)CCN(CC3CC3)C(C)CC[C@H](CNC(=O)CC/C(N)=N/N)C(OC)[C@@H]1O2. The molecular formula is C29H47N5O4. The Kier molecular flexibility index (Phi) is 9.08. The number of amides is 1. The summed E-state index contributed by atoms with van der Waals surface area (Å²) in [4.78, 5) is 15.3. The zero-order valence-corrected chi connectivity index (χ0v) is 23.5. The van der Waals surface area contributed by atoms with Gasteiger partial charge in [-0.1, -0.05) is 19.9 Å². The summed E-state index contributed by atoms with van der Waals surface area (Å²) in [5, 5.41) is 17.4. The van der Waals surface area contributed by atoms with Crippen molar-refractivity contribution in [2.45, 2.75) is 95.8 Å². The van der Waals surface area contributed by atoms with Crippen LogP contribution >= 0.6 is 0 Å². The summed E-state index contributed by atoms with van der Waals surface area (Å²) in [5.41, 5.74) is 7.66. The van der Waals surface area contributed by atoms with Gasteiger partial charge in [-0.25, -0.2) is 0 Å². The summed E-state index contributed by atoms with van der Waals surface area (Å²) in [6.07, 6.45) is 6.36. The Hall–Kier alpha value is -2.52. The van der Waals surface area contributed by atoms with Crippen LogP contribution in [0, 0.1) is 11.8 Å². The lowest BCUT2D eigenvalue weighted by Gasteiger charge is -2.43. The fourth-order valence-corrected chi connectivity index (χ4v) is 6.47. The van der Waals surface area contributed by atoms with Crippen LogP contribution in [0.4, 0.5) is 0 Å². The van der Waals surface area contributed by atoms with E-state index in [0.717, 1.165) is 50.3 Å². The Morgan fingerprint density at radius 3 is 2.71 bits per heavy atom. The number of fused-ring (bicyclic) bond motifs is 3. The predicted octanol–water partition coefficient (Wildman–Crippen LogP) is 3.02. The van der Waals surface area contributed by atoms with Gasteiger partial charge in [0.2, 0.25) is 5.91 Å². The average molecular weight is 530 g/mol. The van der Waals surface area contributed by atoms with Crippen molar-refractivity contribution in [1.82, 2.24) is 10.2 Å². The normalized spacial score (nSPS) is 30.3. The molecule has 1 aromatic carbocycles. The monoisotopic (exact) mass is 529 g/mol. The quantitative estimate of drug-likeness (QED) is 0.167. The van der Waals surface area contributed by atoms with Gasteiger partial charge in [0.05, 0.1) is 6.10 Å². The lowest BCUT2D eigenvalue weighted by atomic mass is 9.69. The first-order valence-electron chi connectivity index (χ1n) is 14.3. The molecule has 1 saturated heterocycles. The van der Waals surface area contributed by atoms with Crippen molar-refractivity contribution >= 4 is 11.7 Å². The number of phenolic OH excluding ortho intramolecular Hbond substituents is 1. The van der Waals surface area contributed by atoms with E-state index < -0.39 is 0 Å². The number of nitrogens with one attached hydrogen (secondary N) is 1. The largest absolute Gasteiger partial charge is 0.504 e. The van der Waals surface area contributed by atoms with Crippen LogP contribution in [0.25, 0.3) is 0 Å². The third-order valence-electron chi connectivity index (χ3n) is 9.11. The van der Waals surface area contributed by atoms with Gasteiger partial charge in [0, 0.05) is 56.0 Å². The van der Waals surface area contributed by atoms with Crippen molar-refractivity contribution in [2.24, 2.45) is 28.5 Å². The maximum absolute atomic E-state index is 12.6. The van der Waals surface area contributed by atoms with E-state index in [1.165, 1.54) is 18.4 Å². The van der Waals surface area contributed by atoms with Crippen LogP contribution in [0.15, 0.2) is 17.2 Å². The number of hydrogen-bond acceptors (Lipinski definition) is 7. The molecule has 1 saturated carbocycles. The number of carbonyl (C=O) groups is 1. The number of methoxy groups -OCH3 is 1. The van der Waals surface area contributed by atoms with Crippen LogP contribution < -0.4 is 21.6 Å². The van der Waals surface area contributed by atoms with Crippen molar-refractivity contribution in [3.63, 3.8) is 0 Å². The molecule has 9 heteroatoms. The highest BCUT2D eigenvalue weighted by molar-refractivity contribution is 5.85. The van der Waals surface area contributed by atoms with E-state index in [1.807, 2.05) is 6.07 Å². The van der Waals surface area contributed by atoms with E-state index in [-0.39, 0.29) is 47.5 Å². The number of hydrazone groups is 1. The number of nitrogens with two attached hydrogens (primary N) is 2. The zero-order valence-electron chi connectivity index (χ0n) is 23.5. The highest BCUT2D eigenvalue weighted by Crippen LogP contribution is 2.53. The maximum Gasteiger partial charge on any atom is 0.220 e. The maximum atomic E-state index is 12.6. The average Bonchev–Trinajstić information content (AvgIpc) is 3.68. The molecule has 6 N–H and O–H groups in total. The molecule has 1 amide bonds. The molecule has 0 radical (unpaired) electrons. The van der Waals surface area contributed by atoms with Crippen LogP contribution in [-0.2, 0) is 21.4 Å². The molecule has 9 nitrogen and oxygen atoms in total. The molecule has 0 spiro atoms. The van der Waals surface area contributed by atoms with Crippen LogP contribution in [0.3, 0.4) is 0 Å². The Morgan fingerprint density at radius 2 is 2.05 bits per heavy atom. The molecule has 2 heterocycles. The minimum absolute atomic E-state index is 0.0404. The van der Waals surface area contributed by atoms with Gasteiger partial charge in [-0.05, 0) is 69.5 Å². The summed E-state index contributed by atoms with van der Waals surface area (Å²) in [5.74, 6) is 7.01. The number of ether oxygens (including phenoxy) is 2. The van der Waals surface area contributed by atoms with Gasteiger partial charge in [0.1, 0.15) is 11.9 Å². The third-order valence-corrected chi connectivity index (χ3v) is 9.11. The third kappa shape index (κ3) is 6.04. The molecule has 0 bridgehead atoms. The summed E-state index contributed by atoms with van der Waals surface area (Å²) in [6.45, 7) is 9.35. The summed E-state index contributed by atoms with van der Waals surface area (Å²) in [6, 6.07) is 4.21. The van der Waals surface area contributed by atoms with Crippen molar-refractivity contribution in [1.29, 1.82) is 0 Å². The fraction of sp³-hybridized carbons (Fsp3) is 0.724. The van der Waals surface area contributed by atoms with Crippen molar-refractivity contribution in [2.75, 3.05) is 26.7 Å². The number of hydrogen-bond donors (Lipinski definition) is 4. The van der Waals surface area contributed by atoms with Crippen LogP contribution in [-0.4, -0.2) is 66.7 Å². The molecular weight excluding hydrogens is 482 g/mol. The summed E-state index contributed by atoms with van der Waals surface area (Å²) < 4.78 is 12.9. The number of amidine groups is 1. The molecule has 2 aliphatic heterocycles. The van der Waals surface area contributed by atoms with Crippen LogP contribution in [0.5, 0.6) is 11.5 Å². The minimum atomic E-state index is -0.340. The lowest BCUT2D eigenvalue weighted by Crippen LogP contribution is -2.53. The smallest absolute Gasteiger partial charge is 0.220 e. The summed E-state index contributed by atoms with van der Waals surface area (Å²) >= 11 is 0. The Labute approximate surface area is 227 Å². The second-order valence-corrected chi connectivity index (χ2v) is 11.8. The number of phenols is 1.